The van der Waals surface area contributed by atoms with Crippen LogP contribution in [0.15, 0.2) is 4.99 Å². The topological polar surface area (TPSA) is 186 Å². The molecule has 10 nitrogen and oxygen atoms in total. The van der Waals surface area contributed by atoms with Crippen molar-refractivity contribution in [2.24, 2.45) is 28.1 Å². The summed E-state index contributed by atoms with van der Waals surface area (Å²) in [4.78, 5) is 39.0. The van der Waals surface area contributed by atoms with Gasteiger partial charge in [0.25, 0.3) is 0 Å². The van der Waals surface area contributed by atoms with Gasteiger partial charge in [0.1, 0.15) is 12.1 Å². The Bertz CT molecular complexity index is 490. The summed E-state index contributed by atoms with van der Waals surface area (Å²) in [5.74, 6) is -2.11. The van der Waals surface area contributed by atoms with Crippen LogP contribution in [0.2, 0.25) is 0 Å². The lowest BCUT2D eigenvalue weighted by Crippen LogP contribution is -2.53. The third kappa shape index (κ3) is 10.2. The Kier molecular flexibility index (Phi) is 10.2. The van der Waals surface area contributed by atoms with Crippen LogP contribution in [0.3, 0.4) is 0 Å². The lowest BCUT2D eigenvalue weighted by Gasteiger charge is -2.21. The molecule has 0 aromatic rings. The van der Waals surface area contributed by atoms with E-state index in [2.05, 4.69) is 15.6 Å². The zero-order valence-electron chi connectivity index (χ0n) is 15.0. The van der Waals surface area contributed by atoms with E-state index in [0.717, 1.165) is 0 Å². The van der Waals surface area contributed by atoms with E-state index in [0.29, 0.717) is 25.8 Å². The quantitative estimate of drug-likeness (QED) is 0.147. The van der Waals surface area contributed by atoms with Crippen molar-refractivity contribution in [3.05, 3.63) is 0 Å². The lowest BCUT2D eigenvalue weighted by molar-refractivity contribution is -0.142. The van der Waals surface area contributed by atoms with Crippen LogP contribution < -0.4 is 27.8 Å². The van der Waals surface area contributed by atoms with E-state index in [9.17, 15) is 14.4 Å². The fourth-order valence-electron chi connectivity index (χ4n) is 2.03. The average Bonchev–Trinajstić information content (AvgIpc) is 2.49. The monoisotopic (exact) mass is 358 g/mol. The van der Waals surface area contributed by atoms with Gasteiger partial charge in [-0.2, -0.15) is 0 Å². The van der Waals surface area contributed by atoms with Crippen LogP contribution in [0.5, 0.6) is 0 Å². The number of carboxylic acids is 1. The zero-order valence-corrected chi connectivity index (χ0v) is 15.0. The highest BCUT2D eigenvalue weighted by Crippen LogP contribution is 2.05. The number of aliphatic imine (C=N–C) groups is 1. The van der Waals surface area contributed by atoms with Gasteiger partial charge in [0.15, 0.2) is 5.96 Å². The molecule has 0 rings (SSSR count). The predicted octanol–water partition coefficient (Wildman–Crippen LogP) is -1.51. The Labute approximate surface area is 147 Å². The molecule has 0 fully saturated rings. The van der Waals surface area contributed by atoms with Crippen molar-refractivity contribution in [3.8, 4) is 0 Å². The molecule has 0 bridgehead atoms. The van der Waals surface area contributed by atoms with Crippen LogP contribution in [0.1, 0.15) is 40.0 Å². The first kappa shape index (κ1) is 22.6. The molecule has 3 atom stereocenters. The minimum absolute atomic E-state index is 0.0299. The van der Waals surface area contributed by atoms with E-state index in [1.165, 1.54) is 6.92 Å². The summed E-state index contributed by atoms with van der Waals surface area (Å²) in [6.07, 6.45) is 1.16. The highest BCUT2D eigenvalue weighted by Gasteiger charge is 2.25. The molecule has 25 heavy (non-hydrogen) atoms. The Morgan fingerprint density at radius 2 is 1.68 bits per heavy atom. The van der Waals surface area contributed by atoms with E-state index in [1.807, 2.05) is 13.8 Å². The molecule has 0 aromatic carbocycles. The van der Waals surface area contributed by atoms with Crippen LogP contribution in [0.25, 0.3) is 0 Å². The molecule has 9 N–H and O–H groups in total. The number of amides is 2. The number of rotatable bonds is 11. The van der Waals surface area contributed by atoms with Gasteiger partial charge in [-0.15, -0.1) is 0 Å². The van der Waals surface area contributed by atoms with Gasteiger partial charge in [-0.3, -0.25) is 14.6 Å². The fraction of sp³-hybridized carbons (Fsp3) is 0.733. The van der Waals surface area contributed by atoms with Crippen molar-refractivity contribution < 1.29 is 19.5 Å². The van der Waals surface area contributed by atoms with Crippen LogP contribution >= 0.6 is 0 Å². The number of hydrogen-bond donors (Lipinski definition) is 6. The molecule has 0 aromatic heterocycles. The van der Waals surface area contributed by atoms with Crippen LogP contribution in [0, 0.1) is 5.92 Å². The predicted molar refractivity (Wildman–Crippen MR) is 94.5 cm³/mol. The fourth-order valence-corrected chi connectivity index (χ4v) is 2.03. The van der Waals surface area contributed by atoms with Gasteiger partial charge in [0.2, 0.25) is 11.8 Å². The molecule has 144 valence electrons. The maximum atomic E-state index is 12.1. The highest BCUT2D eigenvalue weighted by atomic mass is 16.4. The molecule has 10 heteroatoms. The van der Waals surface area contributed by atoms with E-state index >= 15 is 0 Å². The van der Waals surface area contributed by atoms with Gasteiger partial charge in [-0.05, 0) is 32.1 Å². The van der Waals surface area contributed by atoms with Gasteiger partial charge in [0, 0.05) is 6.54 Å². The smallest absolute Gasteiger partial charge is 0.326 e. The molecule has 0 unspecified atom stereocenters. The standard InChI is InChI=1S/C15H30N6O4/c1-8(2)7-11(14(24)25)21-12(22)9(3)20-13(23)10(16)5-4-6-19-15(17)18/h8-11H,4-7,16H2,1-3H3,(H,20,23)(H,21,22)(H,24,25)(H4,17,18,19)/t9-,10-,11-/m0/s1. The number of nitrogens with two attached hydrogens (primary N) is 3. The van der Waals surface area contributed by atoms with Gasteiger partial charge >= 0.3 is 5.97 Å². The summed E-state index contributed by atoms with van der Waals surface area (Å²) in [5.41, 5.74) is 16.1. The minimum atomic E-state index is -1.11. The summed E-state index contributed by atoms with van der Waals surface area (Å²) in [7, 11) is 0. The van der Waals surface area contributed by atoms with Gasteiger partial charge in [0.05, 0.1) is 6.04 Å². The minimum Gasteiger partial charge on any atom is -0.480 e. The Morgan fingerprint density at radius 1 is 1.08 bits per heavy atom. The number of aliphatic carboxylic acids is 1. The van der Waals surface area contributed by atoms with Gasteiger partial charge in [-0.25, -0.2) is 4.79 Å². The number of guanidine groups is 1. The third-order valence-electron chi connectivity index (χ3n) is 3.38. The Morgan fingerprint density at radius 3 is 2.16 bits per heavy atom. The first-order chi connectivity index (χ1) is 11.5. The molecule has 2 amide bonds. The van der Waals surface area contributed by atoms with E-state index in [-0.39, 0.29) is 11.9 Å². The third-order valence-corrected chi connectivity index (χ3v) is 3.38. The summed E-state index contributed by atoms with van der Waals surface area (Å²) in [5, 5.41) is 14.0. The lowest BCUT2D eigenvalue weighted by atomic mass is 10.0. The largest absolute Gasteiger partial charge is 0.480 e. The molecular weight excluding hydrogens is 328 g/mol. The number of nitrogens with zero attached hydrogens (tertiary/aromatic N) is 1. The number of carbonyl (C=O) groups excluding carboxylic acids is 2. The highest BCUT2D eigenvalue weighted by molar-refractivity contribution is 5.91. The number of carboxylic acid groups (broad SMARTS) is 1. The van der Waals surface area contributed by atoms with Crippen LogP contribution in [-0.2, 0) is 14.4 Å². The van der Waals surface area contributed by atoms with Crippen LogP contribution in [0.4, 0.5) is 0 Å². The summed E-state index contributed by atoms with van der Waals surface area (Å²) >= 11 is 0. The molecule has 0 aliphatic rings. The van der Waals surface area contributed by atoms with Crippen molar-refractivity contribution in [2.45, 2.75) is 58.2 Å². The number of hydrogen-bond acceptors (Lipinski definition) is 5. The molecule has 0 aliphatic carbocycles. The van der Waals surface area contributed by atoms with Crippen molar-refractivity contribution in [2.75, 3.05) is 6.54 Å². The van der Waals surface area contributed by atoms with E-state index in [1.54, 1.807) is 0 Å². The second kappa shape index (κ2) is 11.2. The second-order valence-corrected chi connectivity index (χ2v) is 6.31. The first-order valence-corrected chi connectivity index (χ1v) is 8.19. The number of nitrogens with one attached hydrogen (secondary N) is 2. The van der Waals surface area contributed by atoms with Crippen LogP contribution in [-0.4, -0.2) is 53.5 Å². The van der Waals surface area contributed by atoms with Crippen molar-refractivity contribution in [1.82, 2.24) is 10.6 Å². The summed E-state index contributed by atoms with van der Waals surface area (Å²) in [6.45, 7) is 5.53. The molecule has 0 saturated carbocycles. The molecule has 0 saturated heterocycles. The van der Waals surface area contributed by atoms with E-state index in [4.69, 9.17) is 22.3 Å². The van der Waals surface area contributed by atoms with Crippen molar-refractivity contribution in [1.29, 1.82) is 0 Å². The maximum Gasteiger partial charge on any atom is 0.326 e. The Hall–Kier alpha value is -2.36. The first-order valence-electron chi connectivity index (χ1n) is 8.19. The van der Waals surface area contributed by atoms with E-state index < -0.39 is 35.9 Å². The molecule has 0 spiro atoms. The normalized spacial score (nSPS) is 14.3. The second-order valence-electron chi connectivity index (χ2n) is 6.31. The maximum absolute atomic E-state index is 12.1. The van der Waals surface area contributed by atoms with Gasteiger partial charge < -0.3 is 32.9 Å². The molecule has 0 radical (unpaired) electrons. The van der Waals surface area contributed by atoms with Crippen molar-refractivity contribution >= 4 is 23.7 Å². The molecular formula is C15H30N6O4. The SMILES string of the molecule is CC(C)C[C@H](NC(=O)[C@H](C)NC(=O)[C@@H](N)CCCN=C(N)N)C(=O)O. The number of carbonyl (C=O) groups is 3. The van der Waals surface area contributed by atoms with Crippen molar-refractivity contribution in [3.63, 3.8) is 0 Å². The molecule has 0 aliphatic heterocycles. The Balaban J connectivity index is 4.42. The zero-order chi connectivity index (χ0) is 19.6. The summed E-state index contributed by atoms with van der Waals surface area (Å²) in [6, 6.07) is -2.71. The molecule has 0 heterocycles. The summed E-state index contributed by atoms with van der Waals surface area (Å²) < 4.78 is 0. The van der Waals surface area contributed by atoms with Gasteiger partial charge in [-0.1, -0.05) is 13.8 Å². The average molecular weight is 358 g/mol.